The van der Waals surface area contributed by atoms with Crippen molar-refractivity contribution in [1.29, 1.82) is 0 Å². The van der Waals surface area contributed by atoms with Crippen LogP contribution in [0.25, 0.3) is 0 Å². The second-order valence-electron chi connectivity index (χ2n) is 5.64. The standard InChI is InChI=1S/C16H18ClN5O2S/c1-12-15(16(17)21(2)19-12)25(23,24)20-14(11-22-10-6-9-18-22)13-7-4-3-5-8-13/h3-10,14,20H,11H2,1-2H3/t14-/m1/s1. The topological polar surface area (TPSA) is 81.8 Å². The van der Waals surface area contributed by atoms with E-state index in [4.69, 9.17) is 11.6 Å². The number of nitrogens with one attached hydrogen (secondary N) is 1. The van der Waals surface area contributed by atoms with Crippen LogP contribution >= 0.6 is 11.6 Å². The number of hydrogen-bond acceptors (Lipinski definition) is 4. The van der Waals surface area contributed by atoms with Crippen LogP contribution in [-0.4, -0.2) is 28.0 Å². The van der Waals surface area contributed by atoms with Gasteiger partial charge in [0.2, 0.25) is 10.0 Å². The average molecular weight is 380 g/mol. The zero-order valence-corrected chi connectivity index (χ0v) is 15.4. The molecule has 0 saturated carbocycles. The Morgan fingerprint density at radius 3 is 2.52 bits per heavy atom. The highest BCUT2D eigenvalue weighted by Gasteiger charge is 2.28. The van der Waals surface area contributed by atoms with Crippen LogP contribution in [0.15, 0.2) is 53.7 Å². The van der Waals surface area contributed by atoms with E-state index in [2.05, 4.69) is 14.9 Å². The largest absolute Gasteiger partial charge is 0.271 e. The van der Waals surface area contributed by atoms with Crippen LogP contribution in [0.5, 0.6) is 0 Å². The van der Waals surface area contributed by atoms with Gasteiger partial charge in [0.15, 0.2) is 0 Å². The minimum atomic E-state index is -3.86. The van der Waals surface area contributed by atoms with Gasteiger partial charge in [0.1, 0.15) is 10.0 Å². The van der Waals surface area contributed by atoms with E-state index in [0.29, 0.717) is 12.2 Å². The smallest absolute Gasteiger partial charge is 0.246 e. The Morgan fingerprint density at radius 2 is 1.96 bits per heavy atom. The molecule has 0 bridgehead atoms. The Kier molecular flexibility index (Phi) is 4.94. The Bertz CT molecular complexity index is 952. The van der Waals surface area contributed by atoms with Gasteiger partial charge in [-0.2, -0.15) is 10.2 Å². The van der Waals surface area contributed by atoms with Crippen LogP contribution in [-0.2, 0) is 23.6 Å². The summed E-state index contributed by atoms with van der Waals surface area (Å²) in [4.78, 5) is -0.00179. The predicted molar refractivity (Wildman–Crippen MR) is 94.7 cm³/mol. The zero-order chi connectivity index (χ0) is 18.0. The van der Waals surface area contributed by atoms with Crippen molar-refractivity contribution in [1.82, 2.24) is 24.3 Å². The first-order valence-corrected chi connectivity index (χ1v) is 9.48. The van der Waals surface area contributed by atoms with Gasteiger partial charge >= 0.3 is 0 Å². The van der Waals surface area contributed by atoms with Crippen molar-refractivity contribution in [3.05, 3.63) is 65.2 Å². The molecular weight excluding hydrogens is 362 g/mol. The Hall–Kier alpha value is -2.16. The highest BCUT2D eigenvalue weighted by Crippen LogP contribution is 2.26. The molecule has 2 heterocycles. The lowest BCUT2D eigenvalue weighted by Gasteiger charge is -2.19. The Labute approximate surface area is 151 Å². The van der Waals surface area contributed by atoms with Gasteiger partial charge in [-0.15, -0.1) is 0 Å². The van der Waals surface area contributed by atoms with E-state index in [-0.39, 0.29) is 10.0 Å². The molecule has 1 atom stereocenters. The molecule has 3 aromatic rings. The quantitative estimate of drug-likeness (QED) is 0.712. The summed E-state index contributed by atoms with van der Waals surface area (Å²) in [7, 11) is -2.25. The molecule has 0 saturated heterocycles. The molecule has 0 spiro atoms. The van der Waals surface area contributed by atoms with Crippen LogP contribution in [0.2, 0.25) is 5.15 Å². The SMILES string of the molecule is Cc1nn(C)c(Cl)c1S(=O)(=O)N[C@H](Cn1cccn1)c1ccccc1. The van der Waals surface area contributed by atoms with E-state index in [1.807, 2.05) is 30.3 Å². The van der Waals surface area contributed by atoms with Gasteiger partial charge in [-0.25, -0.2) is 13.1 Å². The summed E-state index contributed by atoms with van der Waals surface area (Å²) >= 11 is 6.13. The molecule has 0 radical (unpaired) electrons. The van der Waals surface area contributed by atoms with E-state index < -0.39 is 16.1 Å². The number of aromatic nitrogens is 4. The highest BCUT2D eigenvalue weighted by molar-refractivity contribution is 7.89. The minimum Gasteiger partial charge on any atom is -0.271 e. The summed E-state index contributed by atoms with van der Waals surface area (Å²) in [6.45, 7) is 1.97. The number of nitrogens with zero attached hydrogens (tertiary/aromatic N) is 4. The summed E-state index contributed by atoms with van der Waals surface area (Å²) in [5, 5.41) is 8.32. The van der Waals surface area contributed by atoms with Crippen LogP contribution in [0.1, 0.15) is 17.3 Å². The zero-order valence-electron chi connectivity index (χ0n) is 13.8. The summed E-state index contributed by atoms with van der Waals surface area (Å²) in [6, 6.07) is 10.6. The molecule has 1 aromatic carbocycles. The molecule has 0 aliphatic heterocycles. The maximum absolute atomic E-state index is 12.9. The maximum Gasteiger partial charge on any atom is 0.246 e. The first-order chi connectivity index (χ1) is 11.9. The maximum atomic E-state index is 12.9. The van der Waals surface area contributed by atoms with Gasteiger partial charge in [0, 0.05) is 19.4 Å². The number of sulfonamides is 1. The second kappa shape index (κ2) is 6.99. The molecule has 132 valence electrons. The van der Waals surface area contributed by atoms with Crippen LogP contribution in [0.4, 0.5) is 0 Å². The van der Waals surface area contributed by atoms with Gasteiger partial charge < -0.3 is 0 Å². The number of rotatable bonds is 6. The van der Waals surface area contributed by atoms with Crippen molar-refractivity contribution in [2.24, 2.45) is 7.05 Å². The van der Waals surface area contributed by atoms with Crippen LogP contribution in [0.3, 0.4) is 0 Å². The minimum absolute atomic E-state index is 0.00179. The average Bonchev–Trinajstić information content (AvgIpc) is 3.16. The molecule has 2 aromatic heterocycles. The third-order valence-electron chi connectivity index (χ3n) is 3.80. The van der Waals surface area contributed by atoms with Crippen molar-refractivity contribution in [2.75, 3.05) is 0 Å². The third kappa shape index (κ3) is 3.76. The predicted octanol–water partition coefficient (Wildman–Crippen LogP) is 2.30. The molecule has 0 aliphatic carbocycles. The Morgan fingerprint density at radius 1 is 1.24 bits per heavy atom. The molecule has 9 heteroatoms. The van der Waals surface area contributed by atoms with Crippen molar-refractivity contribution in [2.45, 2.75) is 24.4 Å². The van der Waals surface area contributed by atoms with Crippen molar-refractivity contribution < 1.29 is 8.42 Å². The summed E-state index contributed by atoms with van der Waals surface area (Å²) in [5.41, 5.74) is 1.19. The first kappa shape index (κ1) is 17.7. The Balaban J connectivity index is 1.96. The lowest BCUT2D eigenvalue weighted by Crippen LogP contribution is -2.32. The van der Waals surface area contributed by atoms with E-state index in [0.717, 1.165) is 5.56 Å². The van der Waals surface area contributed by atoms with Crippen LogP contribution < -0.4 is 4.72 Å². The molecule has 7 nitrogen and oxygen atoms in total. The first-order valence-electron chi connectivity index (χ1n) is 7.62. The molecule has 3 rings (SSSR count). The van der Waals surface area contributed by atoms with Gasteiger partial charge in [-0.05, 0) is 18.6 Å². The number of aryl methyl sites for hydroxylation is 2. The lowest BCUT2D eigenvalue weighted by atomic mass is 10.1. The van der Waals surface area contributed by atoms with Gasteiger partial charge in [-0.3, -0.25) is 9.36 Å². The molecular formula is C16H18ClN5O2S. The van der Waals surface area contributed by atoms with E-state index in [1.165, 1.54) is 4.68 Å². The normalized spacial score (nSPS) is 13.1. The molecule has 25 heavy (non-hydrogen) atoms. The fraction of sp³-hybridized carbons (Fsp3) is 0.250. The van der Waals surface area contributed by atoms with Crippen molar-refractivity contribution in [3.63, 3.8) is 0 Å². The number of benzene rings is 1. The van der Waals surface area contributed by atoms with Crippen molar-refractivity contribution in [3.8, 4) is 0 Å². The fourth-order valence-corrected chi connectivity index (χ4v) is 4.62. The fourth-order valence-electron chi connectivity index (χ4n) is 2.65. The van der Waals surface area contributed by atoms with Crippen LogP contribution in [0, 0.1) is 6.92 Å². The van der Waals surface area contributed by atoms with E-state index >= 15 is 0 Å². The summed E-state index contributed by atoms with van der Waals surface area (Å²) < 4.78 is 31.6. The molecule has 0 amide bonds. The summed E-state index contributed by atoms with van der Waals surface area (Å²) in [5.74, 6) is 0. The van der Waals surface area contributed by atoms with E-state index in [9.17, 15) is 8.42 Å². The number of hydrogen-bond donors (Lipinski definition) is 1. The second-order valence-corrected chi connectivity index (χ2v) is 7.65. The summed E-state index contributed by atoms with van der Waals surface area (Å²) in [6.07, 6.45) is 3.44. The van der Waals surface area contributed by atoms with Gasteiger partial charge in [-0.1, -0.05) is 41.9 Å². The van der Waals surface area contributed by atoms with E-state index in [1.54, 1.807) is 37.1 Å². The number of halogens is 1. The monoisotopic (exact) mass is 379 g/mol. The lowest BCUT2D eigenvalue weighted by molar-refractivity contribution is 0.483. The molecule has 0 aliphatic rings. The molecule has 0 fully saturated rings. The third-order valence-corrected chi connectivity index (χ3v) is 5.96. The molecule has 0 unspecified atom stereocenters. The van der Waals surface area contributed by atoms with Gasteiger partial charge in [0.25, 0.3) is 0 Å². The van der Waals surface area contributed by atoms with Crippen molar-refractivity contribution >= 4 is 21.6 Å². The molecule has 1 N–H and O–H groups in total. The van der Waals surface area contributed by atoms with Gasteiger partial charge in [0.05, 0.1) is 18.3 Å². The highest BCUT2D eigenvalue weighted by atomic mass is 35.5.